The smallest absolute Gasteiger partial charge is 0.337 e. The van der Waals surface area contributed by atoms with Crippen LogP contribution in [0.4, 0.5) is 10.1 Å². The van der Waals surface area contributed by atoms with Gasteiger partial charge in [0.15, 0.2) is 0 Å². The molecule has 0 fully saturated rings. The number of carbonyl (C=O) groups excluding carboxylic acids is 2. The first-order valence-electron chi connectivity index (χ1n) is 6.23. The molecule has 0 saturated carbocycles. The summed E-state index contributed by atoms with van der Waals surface area (Å²) >= 11 is 0. The molecule has 6 nitrogen and oxygen atoms in total. The normalized spacial score (nSPS) is 10.9. The maximum absolute atomic E-state index is 13.6. The average Bonchev–Trinajstić information content (AvgIpc) is 2.36. The fourth-order valence-corrected chi connectivity index (χ4v) is 1.44. The molecule has 0 bridgehead atoms. The zero-order valence-corrected chi connectivity index (χ0v) is 12.0. The first-order chi connectivity index (χ1) is 9.62. The van der Waals surface area contributed by atoms with Gasteiger partial charge in [-0.1, -0.05) is 26.8 Å². The molecule has 114 valence electrons. The van der Waals surface area contributed by atoms with Crippen LogP contribution >= 0.6 is 0 Å². The van der Waals surface area contributed by atoms with Crippen LogP contribution in [0.3, 0.4) is 0 Å². The topological polar surface area (TPSA) is 95.5 Å². The van der Waals surface area contributed by atoms with Crippen LogP contribution in [0.15, 0.2) is 18.2 Å². The molecule has 3 N–H and O–H groups in total. The standard InChI is InChI=1S/C14H17FN2O4/c1-14(2,3)13(21)16-7-10(18)17-11-8(12(19)20)5-4-6-9(11)15/h4-6H,7H2,1-3H3,(H,16,21)(H,17,18)(H,19,20). The molecule has 21 heavy (non-hydrogen) atoms. The molecule has 0 saturated heterocycles. The summed E-state index contributed by atoms with van der Waals surface area (Å²) in [6.07, 6.45) is 0. The largest absolute Gasteiger partial charge is 0.478 e. The number of amides is 2. The van der Waals surface area contributed by atoms with Crippen LogP contribution in [0.2, 0.25) is 0 Å². The van der Waals surface area contributed by atoms with Crippen molar-refractivity contribution < 1.29 is 23.9 Å². The Morgan fingerprint density at radius 2 is 1.86 bits per heavy atom. The second kappa shape index (κ2) is 6.34. The maximum atomic E-state index is 13.6. The Hall–Kier alpha value is -2.44. The highest BCUT2D eigenvalue weighted by Crippen LogP contribution is 2.19. The van der Waals surface area contributed by atoms with Gasteiger partial charge in [0.25, 0.3) is 0 Å². The number of aromatic carboxylic acids is 1. The number of nitrogens with one attached hydrogen (secondary N) is 2. The number of carbonyl (C=O) groups is 3. The summed E-state index contributed by atoms with van der Waals surface area (Å²) < 4.78 is 13.6. The molecular formula is C14H17FN2O4. The van der Waals surface area contributed by atoms with Crippen molar-refractivity contribution in [3.63, 3.8) is 0 Å². The average molecular weight is 296 g/mol. The third kappa shape index (κ3) is 4.55. The third-order valence-corrected chi connectivity index (χ3v) is 2.60. The summed E-state index contributed by atoms with van der Waals surface area (Å²) in [5, 5.41) is 13.5. The van der Waals surface area contributed by atoms with Crippen LogP contribution in [-0.4, -0.2) is 29.4 Å². The first-order valence-corrected chi connectivity index (χ1v) is 6.23. The Morgan fingerprint density at radius 1 is 1.24 bits per heavy atom. The zero-order chi connectivity index (χ0) is 16.2. The Morgan fingerprint density at radius 3 is 2.38 bits per heavy atom. The Balaban J connectivity index is 2.77. The lowest BCUT2D eigenvalue weighted by Gasteiger charge is -2.17. The molecule has 1 aromatic rings. The van der Waals surface area contributed by atoms with E-state index in [1.165, 1.54) is 12.1 Å². The van der Waals surface area contributed by atoms with Gasteiger partial charge in [0.05, 0.1) is 17.8 Å². The number of benzene rings is 1. The minimum absolute atomic E-state index is 0.343. The van der Waals surface area contributed by atoms with Crippen LogP contribution in [0.1, 0.15) is 31.1 Å². The van der Waals surface area contributed by atoms with E-state index in [1.54, 1.807) is 20.8 Å². The van der Waals surface area contributed by atoms with E-state index in [2.05, 4.69) is 10.6 Å². The molecule has 0 spiro atoms. The van der Waals surface area contributed by atoms with Gasteiger partial charge in [0.2, 0.25) is 11.8 Å². The van der Waals surface area contributed by atoms with Crippen LogP contribution in [0, 0.1) is 11.2 Å². The molecule has 2 amide bonds. The van der Waals surface area contributed by atoms with Crippen LogP contribution in [-0.2, 0) is 9.59 Å². The number of para-hydroxylation sites is 1. The minimum Gasteiger partial charge on any atom is -0.478 e. The molecule has 0 aliphatic carbocycles. The van der Waals surface area contributed by atoms with Crippen LogP contribution < -0.4 is 10.6 Å². The number of rotatable bonds is 4. The lowest BCUT2D eigenvalue weighted by atomic mass is 9.96. The van der Waals surface area contributed by atoms with Crippen molar-refractivity contribution in [2.75, 3.05) is 11.9 Å². The molecule has 0 heterocycles. The van der Waals surface area contributed by atoms with Gasteiger partial charge in [-0.2, -0.15) is 0 Å². The lowest BCUT2D eigenvalue weighted by molar-refractivity contribution is -0.130. The summed E-state index contributed by atoms with van der Waals surface area (Å²) in [7, 11) is 0. The SMILES string of the molecule is CC(C)(C)C(=O)NCC(=O)Nc1c(F)cccc1C(=O)O. The van der Waals surface area contributed by atoms with Gasteiger partial charge in [-0.15, -0.1) is 0 Å². The number of anilines is 1. The maximum Gasteiger partial charge on any atom is 0.337 e. The van der Waals surface area contributed by atoms with Crippen molar-refractivity contribution in [2.24, 2.45) is 5.41 Å². The first kappa shape index (κ1) is 16.6. The summed E-state index contributed by atoms with van der Waals surface area (Å²) in [6.45, 7) is 4.67. The van der Waals surface area contributed by atoms with Gasteiger partial charge in [0, 0.05) is 5.41 Å². The highest BCUT2D eigenvalue weighted by molar-refractivity contribution is 6.02. The predicted molar refractivity (Wildman–Crippen MR) is 74.5 cm³/mol. The molecule has 7 heteroatoms. The number of halogens is 1. The van der Waals surface area contributed by atoms with Crippen molar-refractivity contribution >= 4 is 23.5 Å². The summed E-state index contributed by atoms with van der Waals surface area (Å²) in [5.41, 5.74) is -1.43. The van der Waals surface area contributed by atoms with E-state index in [0.29, 0.717) is 0 Å². The van der Waals surface area contributed by atoms with E-state index < -0.39 is 28.8 Å². The molecule has 0 atom stereocenters. The predicted octanol–water partition coefficient (Wildman–Crippen LogP) is 1.62. The summed E-state index contributed by atoms with van der Waals surface area (Å²) in [4.78, 5) is 34.3. The zero-order valence-electron chi connectivity index (χ0n) is 12.0. The minimum atomic E-state index is -1.36. The highest BCUT2D eigenvalue weighted by Gasteiger charge is 2.22. The number of hydrogen-bond donors (Lipinski definition) is 3. The van der Waals surface area contributed by atoms with E-state index in [1.807, 2.05) is 0 Å². The molecule has 0 unspecified atom stereocenters. The molecule has 1 rings (SSSR count). The third-order valence-electron chi connectivity index (χ3n) is 2.60. The fraction of sp³-hybridized carbons (Fsp3) is 0.357. The molecule has 0 aliphatic rings. The molecular weight excluding hydrogens is 279 g/mol. The molecule has 1 aromatic carbocycles. The Bertz CT molecular complexity index is 579. The van der Waals surface area contributed by atoms with Gasteiger partial charge >= 0.3 is 5.97 Å². The second-order valence-corrected chi connectivity index (χ2v) is 5.45. The van der Waals surface area contributed by atoms with Gasteiger partial charge in [-0.05, 0) is 12.1 Å². The van der Waals surface area contributed by atoms with Crippen molar-refractivity contribution in [1.82, 2.24) is 5.32 Å². The summed E-state index contributed by atoms with van der Waals surface area (Å²) in [6, 6.07) is 3.44. The van der Waals surface area contributed by atoms with E-state index in [4.69, 9.17) is 5.11 Å². The number of carboxylic acids is 1. The Kier molecular flexibility index (Phi) is 5.02. The molecule has 0 aliphatic heterocycles. The van der Waals surface area contributed by atoms with Crippen molar-refractivity contribution in [3.05, 3.63) is 29.6 Å². The van der Waals surface area contributed by atoms with E-state index in [0.717, 1.165) is 6.07 Å². The van der Waals surface area contributed by atoms with Gasteiger partial charge in [0.1, 0.15) is 5.82 Å². The van der Waals surface area contributed by atoms with Crippen molar-refractivity contribution in [2.45, 2.75) is 20.8 Å². The summed E-state index contributed by atoms with van der Waals surface area (Å²) in [5.74, 6) is -3.27. The van der Waals surface area contributed by atoms with Gasteiger partial charge < -0.3 is 15.7 Å². The molecule has 0 aromatic heterocycles. The van der Waals surface area contributed by atoms with Crippen molar-refractivity contribution in [1.29, 1.82) is 0 Å². The monoisotopic (exact) mass is 296 g/mol. The van der Waals surface area contributed by atoms with Crippen molar-refractivity contribution in [3.8, 4) is 0 Å². The fourth-order valence-electron chi connectivity index (χ4n) is 1.44. The van der Waals surface area contributed by atoms with E-state index >= 15 is 0 Å². The van der Waals surface area contributed by atoms with Crippen LogP contribution in [0.5, 0.6) is 0 Å². The lowest BCUT2D eigenvalue weighted by Crippen LogP contribution is -2.39. The number of carboxylic acid groups (broad SMARTS) is 1. The van der Waals surface area contributed by atoms with Gasteiger partial charge in [-0.25, -0.2) is 9.18 Å². The van der Waals surface area contributed by atoms with Crippen LogP contribution in [0.25, 0.3) is 0 Å². The van der Waals surface area contributed by atoms with Gasteiger partial charge in [-0.3, -0.25) is 9.59 Å². The highest BCUT2D eigenvalue weighted by atomic mass is 19.1. The second-order valence-electron chi connectivity index (χ2n) is 5.45. The Labute approximate surface area is 121 Å². The van der Waals surface area contributed by atoms with E-state index in [9.17, 15) is 18.8 Å². The quantitative estimate of drug-likeness (QED) is 0.786. The molecule has 0 radical (unpaired) electrons. The van der Waals surface area contributed by atoms with E-state index in [-0.39, 0.29) is 18.0 Å². The number of hydrogen-bond acceptors (Lipinski definition) is 3.